The van der Waals surface area contributed by atoms with Gasteiger partial charge in [0, 0.05) is 12.1 Å². The van der Waals surface area contributed by atoms with E-state index in [2.05, 4.69) is 19.9 Å². The minimum absolute atomic E-state index is 0.337. The molecule has 8 N–H and O–H groups in total. The maximum Gasteiger partial charge on any atom is 0.192 e. The van der Waals surface area contributed by atoms with Gasteiger partial charge in [0.2, 0.25) is 0 Å². The van der Waals surface area contributed by atoms with Crippen molar-refractivity contribution in [1.29, 1.82) is 0 Å². The summed E-state index contributed by atoms with van der Waals surface area (Å²) in [7, 11) is 0. The lowest BCUT2D eigenvalue weighted by atomic mass is 10.5. The standard InChI is InChI=1S/C9H12N8S2/c10-4-1-5(11)15-8(14-4)18-3-19-9-16-6(12)2-7(13)17-9/h1-2H,3H2,(H4,10,11,14,15)(H4,12,13,16,17). The molecule has 0 atom stereocenters. The van der Waals surface area contributed by atoms with Crippen LogP contribution < -0.4 is 22.9 Å². The second-order valence-electron chi connectivity index (χ2n) is 3.41. The zero-order valence-electron chi connectivity index (χ0n) is 9.78. The summed E-state index contributed by atoms with van der Waals surface area (Å²) in [5, 5.41) is 1.59. The van der Waals surface area contributed by atoms with Crippen LogP contribution in [0.2, 0.25) is 0 Å². The molecule has 8 nitrogen and oxygen atoms in total. The minimum atomic E-state index is 0.337. The SMILES string of the molecule is Nc1cc(N)nc(SCSc2nc(N)cc(N)n2)n1. The minimum Gasteiger partial charge on any atom is -0.383 e. The first-order valence-corrected chi connectivity index (χ1v) is 7.06. The number of hydrogen-bond donors (Lipinski definition) is 4. The molecule has 2 rings (SSSR count). The number of nitrogens with zero attached hydrogens (tertiary/aromatic N) is 4. The molecular weight excluding hydrogens is 284 g/mol. The fourth-order valence-corrected chi connectivity index (χ4v) is 2.95. The van der Waals surface area contributed by atoms with E-state index in [1.54, 1.807) is 0 Å². The Morgan fingerprint density at radius 2 is 1.00 bits per heavy atom. The predicted molar refractivity (Wildman–Crippen MR) is 78.3 cm³/mol. The number of rotatable bonds is 4. The lowest BCUT2D eigenvalue weighted by Gasteiger charge is -2.03. The molecule has 2 heterocycles. The van der Waals surface area contributed by atoms with Gasteiger partial charge in [-0.25, -0.2) is 19.9 Å². The topological polar surface area (TPSA) is 156 Å². The van der Waals surface area contributed by atoms with Gasteiger partial charge in [0.05, 0.1) is 5.08 Å². The van der Waals surface area contributed by atoms with Gasteiger partial charge in [-0.1, -0.05) is 23.5 Å². The molecule has 0 radical (unpaired) electrons. The van der Waals surface area contributed by atoms with E-state index >= 15 is 0 Å². The third-order valence-corrected chi connectivity index (χ3v) is 3.69. The average molecular weight is 296 g/mol. The van der Waals surface area contributed by atoms with Crippen molar-refractivity contribution in [1.82, 2.24) is 19.9 Å². The number of hydrogen-bond acceptors (Lipinski definition) is 10. The highest BCUT2D eigenvalue weighted by Crippen LogP contribution is 2.25. The molecular formula is C9H12N8S2. The summed E-state index contributed by atoms with van der Waals surface area (Å²) in [6.07, 6.45) is 0. The first kappa shape index (κ1) is 13.5. The molecule has 19 heavy (non-hydrogen) atoms. The van der Waals surface area contributed by atoms with Crippen LogP contribution in [0.15, 0.2) is 22.4 Å². The van der Waals surface area contributed by atoms with Gasteiger partial charge in [-0.05, 0) is 0 Å². The summed E-state index contributed by atoms with van der Waals surface area (Å²) in [4.78, 5) is 16.2. The zero-order valence-corrected chi connectivity index (χ0v) is 11.4. The molecule has 0 saturated carbocycles. The van der Waals surface area contributed by atoms with Gasteiger partial charge in [-0.2, -0.15) is 0 Å². The molecule has 0 bridgehead atoms. The van der Waals surface area contributed by atoms with Crippen molar-refractivity contribution in [2.24, 2.45) is 0 Å². The van der Waals surface area contributed by atoms with Crippen LogP contribution in [-0.4, -0.2) is 25.0 Å². The Morgan fingerprint density at radius 3 is 1.32 bits per heavy atom. The monoisotopic (exact) mass is 296 g/mol. The summed E-state index contributed by atoms with van der Waals surface area (Å²) < 4.78 is 0. The molecule has 10 heteroatoms. The summed E-state index contributed by atoms with van der Waals surface area (Å²) in [6.45, 7) is 0. The number of nitrogen functional groups attached to an aromatic ring is 4. The van der Waals surface area contributed by atoms with Crippen LogP contribution in [0.25, 0.3) is 0 Å². The third-order valence-electron chi connectivity index (χ3n) is 1.87. The second-order valence-corrected chi connectivity index (χ2v) is 5.66. The van der Waals surface area contributed by atoms with Crippen molar-refractivity contribution in [2.75, 3.05) is 28.0 Å². The molecule has 0 aliphatic heterocycles. The Labute approximate surface area is 117 Å². The van der Waals surface area contributed by atoms with Gasteiger partial charge in [0.1, 0.15) is 23.3 Å². The molecule has 0 spiro atoms. The van der Waals surface area contributed by atoms with E-state index in [1.165, 1.54) is 35.7 Å². The predicted octanol–water partition coefficient (Wildman–Crippen LogP) is 0.437. The van der Waals surface area contributed by atoms with Crippen LogP contribution in [0.4, 0.5) is 23.3 Å². The molecule has 0 unspecified atom stereocenters. The molecule has 2 aromatic rings. The quantitative estimate of drug-likeness (QED) is 0.354. The first-order valence-electron chi connectivity index (χ1n) is 5.08. The highest BCUT2D eigenvalue weighted by Gasteiger charge is 2.05. The molecule has 0 aromatic carbocycles. The Morgan fingerprint density at radius 1 is 0.684 bits per heavy atom. The fraction of sp³-hybridized carbons (Fsp3) is 0.111. The van der Waals surface area contributed by atoms with E-state index in [-0.39, 0.29) is 0 Å². The van der Waals surface area contributed by atoms with Crippen LogP contribution >= 0.6 is 23.5 Å². The van der Waals surface area contributed by atoms with Crippen molar-refractivity contribution in [3.63, 3.8) is 0 Å². The van der Waals surface area contributed by atoms with Gasteiger partial charge >= 0.3 is 0 Å². The Kier molecular flexibility index (Phi) is 4.12. The van der Waals surface area contributed by atoms with E-state index in [0.717, 1.165) is 0 Å². The third kappa shape index (κ3) is 4.03. The number of nitrogens with two attached hydrogens (primary N) is 4. The smallest absolute Gasteiger partial charge is 0.192 e. The zero-order chi connectivity index (χ0) is 13.8. The Bertz CT molecular complexity index is 498. The van der Waals surface area contributed by atoms with Gasteiger partial charge in [-0.15, -0.1) is 0 Å². The van der Waals surface area contributed by atoms with Crippen molar-refractivity contribution in [2.45, 2.75) is 10.3 Å². The molecule has 0 aliphatic rings. The van der Waals surface area contributed by atoms with Crippen LogP contribution in [0.3, 0.4) is 0 Å². The number of anilines is 4. The van der Waals surface area contributed by atoms with Gasteiger partial charge < -0.3 is 22.9 Å². The molecule has 0 amide bonds. The van der Waals surface area contributed by atoms with E-state index in [0.29, 0.717) is 38.7 Å². The maximum atomic E-state index is 5.57. The second kappa shape index (κ2) is 5.80. The van der Waals surface area contributed by atoms with Crippen LogP contribution in [-0.2, 0) is 0 Å². The highest BCUT2D eigenvalue weighted by molar-refractivity contribution is 8.15. The lowest BCUT2D eigenvalue weighted by molar-refractivity contribution is 0.983. The number of thioether (sulfide) groups is 2. The van der Waals surface area contributed by atoms with E-state index in [9.17, 15) is 0 Å². The molecule has 100 valence electrons. The van der Waals surface area contributed by atoms with E-state index < -0.39 is 0 Å². The van der Waals surface area contributed by atoms with Gasteiger partial charge in [0.15, 0.2) is 10.3 Å². The van der Waals surface area contributed by atoms with Gasteiger partial charge in [0.25, 0.3) is 0 Å². The molecule has 0 aliphatic carbocycles. The summed E-state index contributed by atoms with van der Waals surface area (Å²) in [5.74, 6) is 1.35. The van der Waals surface area contributed by atoms with Crippen molar-refractivity contribution in [3.8, 4) is 0 Å². The summed E-state index contributed by atoms with van der Waals surface area (Å²) >= 11 is 2.75. The van der Waals surface area contributed by atoms with Crippen molar-refractivity contribution >= 4 is 46.8 Å². The first-order chi connectivity index (χ1) is 9.02. The molecule has 0 saturated heterocycles. The highest BCUT2D eigenvalue weighted by atomic mass is 32.2. The molecule has 0 fully saturated rings. The van der Waals surface area contributed by atoms with Crippen molar-refractivity contribution < 1.29 is 0 Å². The van der Waals surface area contributed by atoms with Crippen LogP contribution in [0.5, 0.6) is 0 Å². The average Bonchev–Trinajstić information content (AvgIpc) is 2.26. The largest absolute Gasteiger partial charge is 0.383 e. The fourth-order valence-electron chi connectivity index (χ4n) is 1.19. The summed E-state index contributed by atoms with van der Waals surface area (Å²) in [5.41, 5.74) is 22.3. The number of aromatic nitrogens is 4. The summed E-state index contributed by atoms with van der Waals surface area (Å²) in [6, 6.07) is 3.00. The Hall–Kier alpha value is -1.94. The van der Waals surface area contributed by atoms with E-state index in [4.69, 9.17) is 22.9 Å². The Balaban J connectivity index is 1.96. The van der Waals surface area contributed by atoms with E-state index in [1.807, 2.05) is 0 Å². The van der Waals surface area contributed by atoms with Crippen molar-refractivity contribution in [3.05, 3.63) is 12.1 Å². The maximum absolute atomic E-state index is 5.57. The molecule has 2 aromatic heterocycles. The van der Waals surface area contributed by atoms with Crippen LogP contribution in [0.1, 0.15) is 0 Å². The van der Waals surface area contributed by atoms with Crippen LogP contribution in [0, 0.1) is 0 Å². The van der Waals surface area contributed by atoms with Gasteiger partial charge in [-0.3, -0.25) is 0 Å². The normalized spacial score (nSPS) is 10.5. The lowest BCUT2D eigenvalue weighted by Crippen LogP contribution is -2.00.